The van der Waals surface area contributed by atoms with Gasteiger partial charge < -0.3 is 10.1 Å². The first-order chi connectivity index (χ1) is 8.77. The van der Waals surface area contributed by atoms with E-state index in [9.17, 15) is 4.79 Å². The van der Waals surface area contributed by atoms with Crippen LogP contribution in [0, 0.1) is 5.92 Å². The number of nitrogens with one attached hydrogen (secondary N) is 1. The summed E-state index contributed by atoms with van der Waals surface area (Å²) >= 11 is 0. The van der Waals surface area contributed by atoms with Crippen LogP contribution >= 0.6 is 0 Å². The predicted octanol–water partition coefficient (Wildman–Crippen LogP) is 4.02. The number of ether oxygens (including phenoxy) is 1. The van der Waals surface area contributed by atoms with E-state index >= 15 is 0 Å². The van der Waals surface area contributed by atoms with Crippen LogP contribution in [0.2, 0.25) is 0 Å². The molecule has 2 aliphatic carbocycles. The SMILES string of the molecule is CCOC(=O)NC1(C2CCCCC2)CCCCC1. The molecular formula is C15H27NO2. The molecule has 104 valence electrons. The zero-order chi connectivity index (χ0) is 12.8. The van der Waals surface area contributed by atoms with Gasteiger partial charge in [0.2, 0.25) is 0 Å². The molecule has 1 amide bonds. The molecule has 0 radical (unpaired) electrons. The topological polar surface area (TPSA) is 38.3 Å². The highest BCUT2D eigenvalue weighted by Crippen LogP contribution is 2.41. The van der Waals surface area contributed by atoms with Gasteiger partial charge in [-0.15, -0.1) is 0 Å². The second kappa shape index (κ2) is 6.44. The zero-order valence-electron chi connectivity index (χ0n) is 11.7. The van der Waals surface area contributed by atoms with Crippen LogP contribution in [0.5, 0.6) is 0 Å². The molecule has 1 N–H and O–H groups in total. The molecule has 0 heterocycles. The van der Waals surface area contributed by atoms with Gasteiger partial charge in [-0.05, 0) is 38.5 Å². The maximum absolute atomic E-state index is 11.8. The Hall–Kier alpha value is -0.730. The van der Waals surface area contributed by atoms with Crippen molar-refractivity contribution in [2.75, 3.05) is 6.61 Å². The highest BCUT2D eigenvalue weighted by atomic mass is 16.5. The van der Waals surface area contributed by atoms with E-state index in [-0.39, 0.29) is 11.6 Å². The molecule has 3 nitrogen and oxygen atoms in total. The van der Waals surface area contributed by atoms with Gasteiger partial charge in [0.1, 0.15) is 0 Å². The van der Waals surface area contributed by atoms with Crippen LogP contribution < -0.4 is 5.32 Å². The Bertz CT molecular complexity index is 266. The van der Waals surface area contributed by atoms with Crippen LogP contribution in [0.3, 0.4) is 0 Å². The Labute approximate surface area is 111 Å². The van der Waals surface area contributed by atoms with Gasteiger partial charge in [0, 0.05) is 5.54 Å². The summed E-state index contributed by atoms with van der Waals surface area (Å²) in [5.74, 6) is 0.677. The molecule has 0 spiro atoms. The maximum Gasteiger partial charge on any atom is 0.407 e. The molecule has 2 aliphatic rings. The number of carbonyl (C=O) groups excluding carboxylic acids is 1. The molecule has 2 saturated carbocycles. The van der Waals surface area contributed by atoms with Crippen LogP contribution in [0.1, 0.15) is 71.1 Å². The van der Waals surface area contributed by atoms with Crippen molar-refractivity contribution in [1.82, 2.24) is 5.32 Å². The molecule has 0 aliphatic heterocycles. The third kappa shape index (κ3) is 3.18. The Balaban J connectivity index is 2.03. The molecular weight excluding hydrogens is 226 g/mol. The Kier molecular flexibility index (Phi) is 4.90. The van der Waals surface area contributed by atoms with Gasteiger partial charge in [-0.1, -0.05) is 38.5 Å². The van der Waals surface area contributed by atoms with Crippen molar-refractivity contribution in [2.24, 2.45) is 5.92 Å². The molecule has 0 saturated heterocycles. The lowest BCUT2D eigenvalue weighted by Gasteiger charge is -2.45. The number of carbonyl (C=O) groups is 1. The molecule has 0 aromatic heterocycles. The van der Waals surface area contributed by atoms with Gasteiger partial charge in [0.25, 0.3) is 0 Å². The van der Waals surface area contributed by atoms with Crippen molar-refractivity contribution in [1.29, 1.82) is 0 Å². The van der Waals surface area contributed by atoms with Crippen LogP contribution in [0.15, 0.2) is 0 Å². The van der Waals surface area contributed by atoms with Gasteiger partial charge in [-0.25, -0.2) is 4.79 Å². The minimum atomic E-state index is -0.204. The highest BCUT2D eigenvalue weighted by Gasteiger charge is 2.41. The second-order valence-corrected chi connectivity index (χ2v) is 5.90. The van der Waals surface area contributed by atoms with E-state index in [1.54, 1.807) is 0 Å². The van der Waals surface area contributed by atoms with Gasteiger partial charge in [-0.2, -0.15) is 0 Å². The summed E-state index contributed by atoms with van der Waals surface area (Å²) in [4.78, 5) is 11.8. The first kappa shape index (κ1) is 13.7. The Morgan fingerprint density at radius 2 is 1.72 bits per heavy atom. The smallest absolute Gasteiger partial charge is 0.407 e. The molecule has 2 rings (SSSR count). The van der Waals surface area contributed by atoms with Gasteiger partial charge in [0.05, 0.1) is 6.61 Å². The second-order valence-electron chi connectivity index (χ2n) is 5.90. The molecule has 3 heteroatoms. The molecule has 0 bridgehead atoms. The number of rotatable bonds is 3. The van der Waals surface area contributed by atoms with Gasteiger partial charge in [0.15, 0.2) is 0 Å². The molecule has 18 heavy (non-hydrogen) atoms. The number of hydrogen-bond donors (Lipinski definition) is 1. The summed E-state index contributed by atoms with van der Waals surface area (Å²) in [5, 5.41) is 3.24. The minimum Gasteiger partial charge on any atom is -0.450 e. The van der Waals surface area contributed by atoms with E-state index in [2.05, 4.69) is 5.32 Å². The normalized spacial score (nSPS) is 24.5. The Morgan fingerprint density at radius 1 is 1.11 bits per heavy atom. The number of alkyl carbamates (subject to hydrolysis) is 1. The van der Waals surface area contributed by atoms with Crippen molar-refractivity contribution >= 4 is 6.09 Å². The van der Waals surface area contributed by atoms with E-state index < -0.39 is 0 Å². The van der Waals surface area contributed by atoms with Crippen LogP contribution in [-0.2, 0) is 4.74 Å². The summed E-state index contributed by atoms with van der Waals surface area (Å²) < 4.78 is 5.11. The highest BCUT2D eigenvalue weighted by molar-refractivity contribution is 5.68. The van der Waals surface area contributed by atoms with Crippen LogP contribution in [0.25, 0.3) is 0 Å². The van der Waals surface area contributed by atoms with E-state index in [4.69, 9.17) is 4.74 Å². The van der Waals surface area contributed by atoms with Crippen LogP contribution in [-0.4, -0.2) is 18.2 Å². The standard InChI is InChI=1S/C15H27NO2/c1-2-18-14(17)16-15(11-7-4-8-12-15)13-9-5-3-6-10-13/h13H,2-12H2,1H3,(H,16,17). The van der Waals surface area contributed by atoms with Crippen molar-refractivity contribution in [2.45, 2.75) is 76.7 Å². The van der Waals surface area contributed by atoms with E-state index in [0.717, 1.165) is 12.8 Å². The van der Waals surface area contributed by atoms with Gasteiger partial charge in [-0.3, -0.25) is 0 Å². The summed E-state index contributed by atoms with van der Waals surface area (Å²) in [6, 6.07) is 0. The molecule has 0 aromatic rings. The molecule has 0 unspecified atom stereocenters. The molecule has 0 aromatic carbocycles. The molecule has 0 atom stereocenters. The van der Waals surface area contributed by atoms with E-state index in [1.165, 1.54) is 51.4 Å². The third-order valence-electron chi connectivity index (χ3n) is 4.76. The summed E-state index contributed by atoms with van der Waals surface area (Å²) in [5.41, 5.74) is 0.0466. The average molecular weight is 253 g/mol. The quantitative estimate of drug-likeness (QED) is 0.825. The fourth-order valence-corrected chi connectivity index (χ4v) is 3.84. The molecule has 2 fully saturated rings. The zero-order valence-corrected chi connectivity index (χ0v) is 11.7. The Morgan fingerprint density at radius 3 is 2.33 bits per heavy atom. The fourth-order valence-electron chi connectivity index (χ4n) is 3.84. The first-order valence-corrected chi connectivity index (χ1v) is 7.72. The van der Waals surface area contributed by atoms with E-state index in [0.29, 0.717) is 12.5 Å². The number of amides is 1. The fraction of sp³-hybridized carbons (Fsp3) is 0.933. The van der Waals surface area contributed by atoms with Crippen molar-refractivity contribution in [3.63, 3.8) is 0 Å². The lowest BCUT2D eigenvalue weighted by molar-refractivity contribution is 0.0878. The summed E-state index contributed by atoms with van der Waals surface area (Å²) in [6.45, 7) is 2.33. The van der Waals surface area contributed by atoms with Crippen molar-refractivity contribution < 1.29 is 9.53 Å². The van der Waals surface area contributed by atoms with Crippen molar-refractivity contribution in [3.8, 4) is 0 Å². The largest absolute Gasteiger partial charge is 0.450 e. The van der Waals surface area contributed by atoms with Crippen LogP contribution in [0.4, 0.5) is 4.79 Å². The first-order valence-electron chi connectivity index (χ1n) is 7.72. The summed E-state index contributed by atoms with van der Waals surface area (Å²) in [6.07, 6.45) is 12.5. The maximum atomic E-state index is 11.8. The minimum absolute atomic E-state index is 0.0466. The van der Waals surface area contributed by atoms with E-state index in [1.807, 2.05) is 6.92 Å². The average Bonchev–Trinajstić information content (AvgIpc) is 2.41. The lowest BCUT2D eigenvalue weighted by atomic mass is 9.67. The summed E-state index contributed by atoms with van der Waals surface area (Å²) in [7, 11) is 0. The predicted molar refractivity (Wildman–Crippen MR) is 72.5 cm³/mol. The third-order valence-corrected chi connectivity index (χ3v) is 4.76. The monoisotopic (exact) mass is 253 g/mol. The number of hydrogen-bond acceptors (Lipinski definition) is 2. The lowest BCUT2D eigenvalue weighted by Crippen LogP contribution is -2.55. The van der Waals surface area contributed by atoms with Gasteiger partial charge >= 0.3 is 6.09 Å². The van der Waals surface area contributed by atoms with Crippen molar-refractivity contribution in [3.05, 3.63) is 0 Å².